The Balaban J connectivity index is 2.61. The van der Waals surface area contributed by atoms with Crippen LogP contribution < -0.4 is 5.73 Å². The van der Waals surface area contributed by atoms with Crippen LogP contribution in [0.15, 0.2) is 33.3 Å². The number of ether oxygens (including phenoxy) is 2. The summed E-state index contributed by atoms with van der Waals surface area (Å²) < 4.78 is 11.4. The van der Waals surface area contributed by atoms with Crippen molar-refractivity contribution in [3.8, 4) is 6.07 Å². The Hall–Kier alpha value is -1.78. The van der Waals surface area contributed by atoms with E-state index in [4.69, 9.17) is 15.2 Å². The third-order valence-corrected chi connectivity index (χ3v) is 5.46. The van der Waals surface area contributed by atoms with Crippen molar-refractivity contribution in [3.63, 3.8) is 0 Å². The molecule has 0 saturated carbocycles. The molecule has 0 saturated heterocycles. The fourth-order valence-electron chi connectivity index (χ4n) is 2.26. The van der Waals surface area contributed by atoms with Crippen LogP contribution in [0.4, 0.5) is 0 Å². The third kappa shape index (κ3) is 2.89. The molecular formula is C15H15BrN2O3S. The average Bonchev–Trinajstić information content (AvgIpc) is 2.77. The molecule has 1 aromatic rings. The maximum absolute atomic E-state index is 12.3. The van der Waals surface area contributed by atoms with Crippen LogP contribution in [-0.2, 0) is 14.3 Å². The van der Waals surface area contributed by atoms with Gasteiger partial charge in [-0.25, -0.2) is 4.79 Å². The smallest absolute Gasteiger partial charge is 0.338 e. The summed E-state index contributed by atoms with van der Waals surface area (Å²) in [5.74, 6) is -0.664. The second kappa shape index (κ2) is 6.55. The van der Waals surface area contributed by atoms with Gasteiger partial charge in [-0.2, -0.15) is 5.26 Å². The number of rotatable bonds is 3. The molecule has 2 N–H and O–H groups in total. The van der Waals surface area contributed by atoms with Crippen molar-refractivity contribution < 1.29 is 14.3 Å². The quantitative estimate of drug-likeness (QED) is 0.808. The van der Waals surface area contributed by atoms with Crippen LogP contribution in [0, 0.1) is 18.3 Å². The number of carbonyl (C=O) groups excluding carboxylic acids is 1. The van der Waals surface area contributed by atoms with Crippen molar-refractivity contribution in [3.05, 3.63) is 43.1 Å². The maximum Gasteiger partial charge on any atom is 0.338 e. The number of carbonyl (C=O) groups is 1. The third-order valence-electron chi connectivity index (χ3n) is 3.26. The number of aryl methyl sites for hydroxylation is 1. The Labute approximate surface area is 141 Å². The number of nitriles is 1. The van der Waals surface area contributed by atoms with Crippen LogP contribution >= 0.6 is 27.3 Å². The number of hydrogen-bond donors (Lipinski definition) is 1. The predicted octanol–water partition coefficient (Wildman–Crippen LogP) is 3.46. The Bertz CT molecular complexity index is 708. The normalized spacial score (nSPS) is 18.0. The molecule has 0 aliphatic carbocycles. The fourth-order valence-corrected chi connectivity index (χ4v) is 3.94. The highest BCUT2D eigenvalue weighted by Gasteiger charge is 2.37. The van der Waals surface area contributed by atoms with Gasteiger partial charge in [0, 0.05) is 14.2 Å². The zero-order chi connectivity index (χ0) is 16.4. The van der Waals surface area contributed by atoms with E-state index in [1.165, 1.54) is 11.3 Å². The van der Waals surface area contributed by atoms with Crippen LogP contribution in [0.5, 0.6) is 0 Å². The first kappa shape index (κ1) is 16.6. The molecule has 0 spiro atoms. The molecule has 7 heteroatoms. The molecule has 1 unspecified atom stereocenters. The summed E-state index contributed by atoms with van der Waals surface area (Å²) in [5.41, 5.74) is 6.38. The number of thiophene rings is 1. The molecule has 2 heterocycles. The van der Waals surface area contributed by atoms with Crippen molar-refractivity contribution in [1.82, 2.24) is 0 Å². The van der Waals surface area contributed by atoms with Crippen LogP contribution in [0.25, 0.3) is 0 Å². The minimum atomic E-state index is -0.562. The summed E-state index contributed by atoms with van der Waals surface area (Å²) in [7, 11) is 0. The highest BCUT2D eigenvalue weighted by molar-refractivity contribution is 9.10. The first-order chi connectivity index (χ1) is 10.4. The molecule has 0 aromatic carbocycles. The van der Waals surface area contributed by atoms with E-state index in [0.717, 1.165) is 14.2 Å². The van der Waals surface area contributed by atoms with Gasteiger partial charge >= 0.3 is 5.97 Å². The van der Waals surface area contributed by atoms with E-state index in [0.29, 0.717) is 11.3 Å². The minimum absolute atomic E-state index is 0.0280. The number of esters is 1. The van der Waals surface area contributed by atoms with Crippen molar-refractivity contribution in [2.75, 3.05) is 6.61 Å². The van der Waals surface area contributed by atoms with Gasteiger partial charge in [0.05, 0.1) is 18.1 Å². The summed E-state index contributed by atoms with van der Waals surface area (Å²) in [5, 5.41) is 9.44. The van der Waals surface area contributed by atoms with Crippen LogP contribution in [-0.4, -0.2) is 12.6 Å². The predicted molar refractivity (Wildman–Crippen MR) is 86.7 cm³/mol. The molecule has 0 radical (unpaired) electrons. The van der Waals surface area contributed by atoms with Crippen molar-refractivity contribution in [2.24, 2.45) is 5.73 Å². The lowest BCUT2D eigenvalue weighted by atomic mass is 9.87. The van der Waals surface area contributed by atoms with Crippen LogP contribution in [0.3, 0.4) is 0 Å². The minimum Gasteiger partial charge on any atom is -0.463 e. The van der Waals surface area contributed by atoms with Crippen molar-refractivity contribution in [1.29, 1.82) is 5.26 Å². The molecule has 1 atom stereocenters. The average molecular weight is 383 g/mol. The monoisotopic (exact) mass is 382 g/mol. The lowest BCUT2D eigenvalue weighted by molar-refractivity contribution is -0.139. The van der Waals surface area contributed by atoms with E-state index < -0.39 is 11.9 Å². The molecule has 0 fully saturated rings. The maximum atomic E-state index is 12.3. The summed E-state index contributed by atoms with van der Waals surface area (Å²) in [6, 6.07) is 3.95. The van der Waals surface area contributed by atoms with E-state index in [-0.39, 0.29) is 18.1 Å². The van der Waals surface area contributed by atoms with Gasteiger partial charge in [0.25, 0.3) is 0 Å². The fraction of sp³-hybridized carbons (Fsp3) is 0.333. The van der Waals surface area contributed by atoms with Gasteiger partial charge in [-0.1, -0.05) is 0 Å². The standard InChI is InChI=1S/C15H15BrN2O3S/c1-4-20-15(19)12-7(2)21-14(18)9(6-17)13(12)11-5-10(16)8(3)22-11/h5,13H,4,18H2,1-3H3. The molecule has 0 bridgehead atoms. The number of allylic oxidation sites excluding steroid dienone is 2. The summed E-state index contributed by atoms with van der Waals surface area (Å²) >= 11 is 4.96. The number of halogens is 1. The number of hydrogen-bond acceptors (Lipinski definition) is 6. The van der Waals surface area contributed by atoms with Crippen molar-refractivity contribution >= 4 is 33.2 Å². The van der Waals surface area contributed by atoms with Gasteiger partial charge in [-0.3, -0.25) is 0 Å². The molecule has 22 heavy (non-hydrogen) atoms. The Morgan fingerprint density at radius 2 is 2.27 bits per heavy atom. The van der Waals surface area contributed by atoms with E-state index in [2.05, 4.69) is 22.0 Å². The van der Waals surface area contributed by atoms with Crippen LogP contribution in [0.2, 0.25) is 0 Å². The Morgan fingerprint density at radius 3 is 2.77 bits per heavy atom. The molecule has 5 nitrogen and oxygen atoms in total. The van der Waals surface area contributed by atoms with E-state index >= 15 is 0 Å². The highest BCUT2D eigenvalue weighted by atomic mass is 79.9. The molecule has 116 valence electrons. The first-order valence-electron chi connectivity index (χ1n) is 6.62. The Morgan fingerprint density at radius 1 is 1.59 bits per heavy atom. The number of nitrogens with two attached hydrogens (primary N) is 1. The van der Waals surface area contributed by atoms with E-state index in [1.807, 2.05) is 13.0 Å². The van der Waals surface area contributed by atoms with E-state index in [9.17, 15) is 10.1 Å². The van der Waals surface area contributed by atoms with E-state index in [1.54, 1.807) is 13.8 Å². The van der Waals surface area contributed by atoms with Gasteiger partial charge in [0.1, 0.15) is 17.4 Å². The largest absolute Gasteiger partial charge is 0.463 e. The summed E-state index contributed by atoms with van der Waals surface area (Å²) in [4.78, 5) is 14.2. The second-order valence-corrected chi connectivity index (χ2v) is 6.81. The molecule has 1 aliphatic rings. The van der Waals surface area contributed by atoms with Gasteiger partial charge in [0.2, 0.25) is 5.88 Å². The lowest BCUT2D eigenvalue weighted by Gasteiger charge is -2.25. The van der Waals surface area contributed by atoms with Crippen molar-refractivity contribution in [2.45, 2.75) is 26.7 Å². The molecule has 1 aliphatic heterocycles. The highest BCUT2D eigenvalue weighted by Crippen LogP contribution is 2.43. The van der Waals surface area contributed by atoms with Crippen LogP contribution in [0.1, 0.15) is 29.5 Å². The summed E-state index contributed by atoms with van der Waals surface area (Å²) in [6.07, 6.45) is 0. The molecular weight excluding hydrogens is 368 g/mol. The molecule has 2 rings (SSSR count). The lowest BCUT2D eigenvalue weighted by Crippen LogP contribution is -2.25. The zero-order valence-electron chi connectivity index (χ0n) is 12.4. The molecule has 0 amide bonds. The molecule has 1 aromatic heterocycles. The van der Waals surface area contributed by atoms with Gasteiger partial charge in [0.15, 0.2) is 0 Å². The number of nitrogens with zero attached hydrogens (tertiary/aromatic N) is 1. The summed E-state index contributed by atoms with van der Waals surface area (Å²) in [6.45, 7) is 5.58. The SMILES string of the molecule is CCOC(=O)C1=C(C)OC(N)=C(C#N)C1c1cc(Br)c(C)s1. The second-order valence-electron chi connectivity index (χ2n) is 4.67. The van der Waals surface area contributed by atoms with Gasteiger partial charge < -0.3 is 15.2 Å². The first-order valence-corrected chi connectivity index (χ1v) is 8.22. The van der Waals surface area contributed by atoms with Gasteiger partial charge in [-0.05, 0) is 42.8 Å². The van der Waals surface area contributed by atoms with Gasteiger partial charge in [-0.15, -0.1) is 11.3 Å². The Kier molecular flexibility index (Phi) is 4.94. The zero-order valence-corrected chi connectivity index (χ0v) is 14.8. The topological polar surface area (TPSA) is 85.3 Å².